The van der Waals surface area contributed by atoms with Crippen molar-refractivity contribution in [3.8, 4) is 0 Å². The summed E-state index contributed by atoms with van der Waals surface area (Å²) in [5.41, 5.74) is -0.190. The normalized spacial score (nSPS) is 11.0. The zero-order valence-corrected chi connectivity index (χ0v) is 13.5. The Kier molecular flexibility index (Phi) is 6.16. The van der Waals surface area contributed by atoms with Gasteiger partial charge in [0.15, 0.2) is 0 Å². The predicted molar refractivity (Wildman–Crippen MR) is 79.8 cm³/mol. The van der Waals surface area contributed by atoms with Crippen LogP contribution in [0, 0.1) is 0 Å². The Balaban J connectivity index is 2.80. The van der Waals surface area contributed by atoms with Crippen LogP contribution in [0.25, 0.3) is 0 Å². The van der Waals surface area contributed by atoms with Crippen LogP contribution in [0.5, 0.6) is 0 Å². The lowest BCUT2D eigenvalue weighted by molar-refractivity contribution is -0.140. The highest BCUT2D eigenvalue weighted by Crippen LogP contribution is 2.22. The first-order valence-electron chi connectivity index (χ1n) is 5.85. The highest BCUT2D eigenvalue weighted by atomic mass is 79.9. The first-order valence-corrected chi connectivity index (χ1v) is 8.30. The summed E-state index contributed by atoms with van der Waals surface area (Å²) < 4.78 is 30.9. The van der Waals surface area contributed by atoms with Crippen LogP contribution in [0.3, 0.4) is 0 Å². The van der Waals surface area contributed by atoms with E-state index in [1.54, 1.807) is 0 Å². The van der Waals surface area contributed by atoms with Gasteiger partial charge in [0, 0.05) is 10.9 Å². The first kappa shape index (κ1) is 17.4. The number of methoxy groups -OCH3 is 1. The van der Waals surface area contributed by atoms with Crippen molar-refractivity contribution in [2.75, 3.05) is 17.6 Å². The van der Waals surface area contributed by atoms with Gasteiger partial charge in [-0.05, 0) is 24.6 Å². The molecule has 0 aliphatic rings. The summed E-state index contributed by atoms with van der Waals surface area (Å²) in [7, 11) is -2.53. The Morgan fingerprint density at radius 3 is 2.62 bits per heavy atom. The minimum atomic E-state index is -3.74. The first-order chi connectivity index (χ1) is 9.75. The molecule has 1 aromatic rings. The SMILES string of the molecule is COC(=O)CCCS(=O)(=O)Nc1ccc(Br)cc1C(=O)O. The van der Waals surface area contributed by atoms with Crippen LogP contribution in [-0.4, -0.2) is 38.3 Å². The number of esters is 1. The number of sulfonamides is 1. The van der Waals surface area contributed by atoms with Gasteiger partial charge in [-0.3, -0.25) is 9.52 Å². The molecule has 0 heterocycles. The maximum Gasteiger partial charge on any atom is 0.337 e. The van der Waals surface area contributed by atoms with E-state index in [1.165, 1.54) is 25.3 Å². The molecule has 0 saturated carbocycles. The Bertz CT molecular complexity index is 643. The minimum Gasteiger partial charge on any atom is -0.478 e. The van der Waals surface area contributed by atoms with Gasteiger partial charge in [-0.15, -0.1) is 0 Å². The molecule has 0 bridgehead atoms. The number of hydrogen-bond donors (Lipinski definition) is 2. The van der Waals surface area contributed by atoms with Crippen LogP contribution in [0.1, 0.15) is 23.2 Å². The summed E-state index contributed by atoms with van der Waals surface area (Å²) in [6, 6.07) is 4.18. The van der Waals surface area contributed by atoms with E-state index in [1.807, 2.05) is 0 Å². The van der Waals surface area contributed by atoms with Crippen molar-refractivity contribution in [2.24, 2.45) is 0 Å². The molecule has 7 nitrogen and oxygen atoms in total. The smallest absolute Gasteiger partial charge is 0.337 e. The second kappa shape index (κ2) is 7.41. The molecule has 116 valence electrons. The quantitative estimate of drug-likeness (QED) is 0.699. The third-order valence-corrected chi connectivity index (χ3v) is 4.35. The molecule has 0 aromatic heterocycles. The molecule has 0 atom stereocenters. The van der Waals surface area contributed by atoms with Crippen LogP contribution in [-0.2, 0) is 19.6 Å². The lowest BCUT2D eigenvalue weighted by atomic mass is 10.2. The fourth-order valence-corrected chi connectivity index (χ4v) is 3.01. The van der Waals surface area contributed by atoms with Crippen molar-refractivity contribution < 1.29 is 27.9 Å². The molecule has 0 aliphatic carbocycles. The average Bonchev–Trinajstić information content (AvgIpc) is 2.39. The van der Waals surface area contributed by atoms with E-state index in [-0.39, 0.29) is 29.8 Å². The van der Waals surface area contributed by atoms with E-state index in [0.29, 0.717) is 4.47 Å². The number of carboxylic acids is 1. The molecule has 0 amide bonds. The monoisotopic (exact) mass is 379 g/mol. The molecule has 1 aromatic carbocycles. The third-order valence-electron chi connectivity index (χ3n) is 2.50. The lowest BCUT2D eigenvalue weighted by Crippen LogP contribution is -2.19. The Labute approximate surface area is 130 Å². The summed E-state index contributed by atoms with van der Waals surface area (Å²) in [4.78, 5) is 22.0. The van der Waals surface area contributed by atoms with Crippen molar-refractivity contribution in [1.29, 1.82) is 0 Å². The molecule has 0 spiro atoms. The van der Waals surface area contributed by atoms with E-state index >= 15 is 0 Å². The van der Waals surface area contributed by atoms with Crippen LogP contribution < -0.4 is 4.72 Å². The van der Waals surface area contributed by atoms with Gasteiger partial charge in [0.25, 0.3) is 0 Å². The van der Waals surface area contributed by atoms with Crippen molar-refractivity contribution in [2.45, 2.75) is 12.8 Å². The predicted octanol–water partition coefficient (Wildman–Crippen LogP) is 1.84. The van der Waals surface area contributed by atoms with Gasteiger partial charge in [0.2, 0.25) is 10.0 Å². The molecule has 0 aliphatic heterocycles. The molecule has 0 radical (unpaired) electrons. The molecule has 2 N–H and O–H groups in total. The number of hydrogen-bond acceptors (Lipinski definition) is 5. The number of halogens is 1. The van der Waals surface area contributed by atoms with E-state index in [2.05, 4.69) is 25.4 Å². The zero-order valence-electron chi connectivity index (χ0n) is 11.1. The number of aromatic carboxylic acids is 1. The molecule has 0 unspecified atom stereocenters. The van der Waals surface area contributed by atoms with Crippen molar-refractivity contribution in [3.05, 3.63) is 28.2 Å². The Hall–Kier alpha value is -1.61. The van der Waals surface area contributed by atoms with Gasteiger partial charge in [0.1, 0.15) is 0 Å². The van der Waals surface area contributed by atoms with Crippen molar-refractivity contribution in [3.63, 3.8) is 0 Å². The van der Waals surface area contributed by atoms with E-state index in [9.17, 15) is 18.0 Å². The van der Waals surface area contributed by atoms with E-state index < -0.39 is 22.0 Å². The lowest BCUT2D eigenvalue weighted by Gasteiger charge is -2.10. The topological polar surface area (TPSA) is 110 Å². The maximum atomic E-state index is 11.9. The third kappa shape index (κ3) is 5.72. The number of benzene rings is 1. The van der Waals surface area contributed by atoms with Gasteiger partial charge in [-0.2, -0.15) is 0 Å². The molecule has 0 fully saturated rings. The highest BCUT2D eigenvalue weighted by Gasteiger charge is 2.17. The van der Waals surface area contributed by atoms with Gasteiger partial charge in [-0.25, -0.2) is 13.2 Å². The molecule has 9 heteroatoms. The van der Waals surface area contributed by atoms with Gasteiger partial charge >= 0.3 is 11.9 Å². The molecule has 1 rings (SSSR count). The van der Waals surface area contributed by atoms with Gasteiger partial charge in [-0.1, -0.05) is 15.9 Å². The summed E-state index contributed by atoms with van der Waals surface area (Å²) in [5, 5.41) is 9.05. The summed E-state index contributed by atoms with van der Waals surface area (Å²) in [6.45, 7) is 0. The number of nitrogens with one attached hydrogen (secondary N) is 1. The maximum absolute atomic E-state index is 11.9. The minimum absolute atomic E-state index is 0.0243. The van der Waals surface area contributed by atoms with Gasteiger partial charge in [0.05, 0.1) is 24.1 Å². The molecular weight excluding hydrogens is 366 g/mol. The summed E-state index contributed by atoms with van der Waals surface area (Å²) in [6.07, 6.45) is 0.0600. The Morgan fingerprint density at radius 1 is 1.38 bits per heavy atom. The number of carboxylic acid groups (broad SMARTS) is 1. The summed E-state index contributed by atoms with van der Waals surface area (Å²) in [5.74, 6) is -2.05. The molecule has 21 heavy (non-hydrogen) atoms. The number of carbonyl (C=O) groups is 2. The van der Waals surface area contributed by atoms with Crippen LogP contribution in [0.15, 0.2) is 22.7 Å². The second-order valence-corrected chi connectivity index (χ2v) is 6.85. The summed E-state index contributed by atoms with van der Waals surface area (Å²) >= 11 is 3.12. The van der Waals surface area contributed by atoms with E-state index in [0.717, 1.165) is 0 Å². The van der Waals surface area contributed by atoms with E-state index in [4.69, 9.17) is 5.11 Å². The van der Waals surface area contributed by atoms with Crippen molar-refractivity contribution in [1.82, 2.24) is 0 Å². The number of ether oxygens (including phenoxy) is 1. The highest BCUT2D eigenvalue weighted by molar-refractivity contribution is 9.10. The van der Waals surface area contributed by atoms with Crippen LogP contribution >= 0.6 is 15.9 Å². The number of anilines is 1. The largest absolute Gasteiger partial charge is 0.478 e. The number of carbonyl (C=O) groups excluding carboxylic acids is 1. The molecular formula is C12H14BrNO6S. The van der Waals surface area contributed by atoms with Crippen molar-refractivity contribution >= 4 is 43.6 Å². The Morgan fingerprint density at radius 2 is 2.05 bits per heavy atom. The average molecular weight is 380 g/mol. The fraction of sp³-hybridized carbons (Fsp3) is 0.333. The second-order valence-electron chi connectivity index (χ2n) is 4.10. The standard InChI is InChI=1S/C12H14BrNO6S/c1-20-11(15)3-2-6-21(18,19)14-10-5-4-8(13)7-9(10)12(16)17/h4-5,7,14H,2-3,6H2,1H3,(H,16,17). The van der Waals surface area contributed by atoms with Crippen LogP contribution in [0.2, 0.25) is 0 Å². The number of rotatable bonds is 7. The van der Waals surface area contributed by atoms with Crippen LogP contribution in [0.4, 0.5) is 5.69 Å². The zero-order chi connectivity index (χ0) is 16.0. The molecule has 0 saturated heterocycles. The fourth-order valence-electron chi connectivity index (χ4n) is 1.51. The van der Waals surface area contributed by atoms with Gasteiger partial charge < -0.3 is 9.84 Å².